The van der Waals surface area contributed by atoms with Crippen LogP contribution in [-0.2, 0) is 20.2 Å². The molecule has 1 amide bonds. The molecule has 5 rings (SSSR count). The van der Waals surface area contributed by atoms with E-state index in [1.807, 2.05) is 44.2 Å². The van der Waals surface area contributed by atoms with Crippen molar-refractivity contribution in [3.63, 3.8) is 0 Å². The van der Waals surface area contributed by atoms with E-state index in [1.54, 1.807) is 25.3 Å². The maximum absolute atomic E-state index is 13.7. The van der Waals surface area contributed by atoms with Gasteiger partial charge in [-0.1, -0.05) is 18.2 Å². The monoisotopic (exact) mass is 482 g/mol. The lowest BCUT2D eigenvalue weighted by Gasteiger charge is -2.25. The fraction of sp³-hybridized carbons (Fsp3) is 0.320. The summed E-state index contributed by atoms with van der Waals surface area (Å²) in [6, 6.07) is 14.2. The number of aryl methyl sites for hydroxylation is 2. The molecular formula is C25H26N2O6S. The number of anilines is 1. The van der Waals surface area contributed by atoms with E-state index < -0.39 is 27.4 Å². The molecule has 1 unspecified atom stereocenters. The summed E-state index contributed by atoms with van der Waals surface area (Å²) in [7, 11) is -1.90. The molecular weight excluding hydrogens is 456 g/mol. The van der Waals surface area contributed by atoms with Gasteiger partial charge in [-0.2, -0.15) is 0 Å². The van der Waals surface area contributed by atoms with Crippen molar-refractivity contribution in [2.24, 2.45) is 0 Å². The molecule has 34 heavy (non-hydrogen) atoms. The Morgan fingerprint density at radius 1 is 1.12 bits per heavy atom. The molecule has 1 aliphatic heterocycles. The Bertz CT molecular complexity index is 1370. The zero-order valence-corrected chi connectivity index (χ0v) is 20.0. The molecule has 3 aromatic rings. The summed E-state index contributed by atoms with van der Waals surface area (Å²) in [4.78, 5) is 13.7. The van der Waals surface area contributed by atoms with Crippen LogP contribution in [0.4, 0.5) is 5.69 Å². The summed E-state index contributed by atoms with van der Waals surface area (Å²) < 4.78 is 43.0. The highest BCUT2D eigenvalue weighted by Crippen LogP contribution is 2.51. The Morgan fingerprint density at radius 2 is 1.91 bits per heavy atom. The summed E-state index contributed by atoms with van der Waals surface area (Å²) >= 11 is 0. The minimum absolute atomic E-state index is 0.134. The highest BCUT2D eigenvalue weighted by atomic mass is 32.2. The molecule has 9 heteroatoms. The minimum Gasteiger partial charge on any atom is -0.496 e. The van der Waals surface area contributed by atoms with Crippen molar-refractivity contribution >= 4 is 21.6 Å². The van der Waals surface area contributed by atoms with Crippen molar-refractivity contribution < 1.29 is 27.1 Å². The van der Waals surface area contributed by atoms with Crippen LogP contribution >= 0.6 is 0 Å². The molecule has 1 fully saturated rings. The van der Waals surface area contributed by atoms with E-state index in [2.05, 4.69) is 10.0 Å². The Hall–Kier alpha value is -3.46. The fourth-order valence-corrected chi connectivity index (χ4v) is 5.22. The van der Waals surface area contributed by atoms with Gasteiger partial charge in [0.15, 0.2) is 0 Å². The number of hydrogen-bond donors (Lipinski definition) is 2. The maximum atomic E-state index is 13.7. The topological polar surface area (TPSA) is 107 Å². The quantitative estimate of drug-likeness (QED) is 0.551. The number of ether oxygens (including phenoxy) is 2. The van der Waals surface area contributed by atoms with Crippen LogP contribution in [-0.4, -0.2) is 27.4 Å². The Balaban J connectivity index is 1.47. The standard InChI is InChI=1S/C25H26N2O6S/c1-15-4-7-18(21(12-15)31-3)23(20-9-5-16(2)33-20)26-24(28)25(10-11-25)17-6-8-19-22(13-17)32-14-34(29,30)27-19/h4-9,12-13,23,27H,10-11,14H2,1-3H3,(H,26,28). The fourth-order valence-electron chi connectivity index (χ4n) is 4.37. The molecule has 8 nitrogen and oxygen atoms in total. The van der Waals surface area contributed by atoms with Crippen molar-refractivity contribution in [1.29, 1.82) is 0 Å². The average molecular weight is 483 g/mol. The normalized spacial score (nSPS) is 18.1. The van der Waals surface area contributed by atoms with Gasteiger partial charge in [0.25, 0.3) is 10.0 Å². The van der Waals surface area contributed by atoms with E-state index in [1.165, 1.54) is 0 Å². The molecule has 1 atom stereocenters. The summed E-state index contributed by atoms with van der Waals surface area (Å²) in [5.74, 6) is 1.87. The molecule has 1 saturated carbocycles. The largest absolute Gasteiger partial charge is 0.496 e. The van der Waals surface area contributed by atoms with Crippen molar-refractivity contribution in [2.75, 3.05) is 17.8 Å². The second-order valence-corrected chi connectivity index (χ2v) is 10.5. The first-order valence-electron chi connectivity index (χ1n) is 11.0. The number of fused-ring (bicyclic) bond motifs is 1. The molecule has 0 spiro atoms. The Labute approximate surface area is 198 Å². The smallest absolute Gasteiger partial charge is 0.268 e. The number of carbonyl (C=O) groups is 1. The number of amides is 1. The lowest BCUT2D eigenvalue weighted by molar-refractivity contribution is -0.124. The van der Waals surface area contributed by atoms with Gasteiger partial charge >= 0.3 is 0 Å². The number of hydrogen-bond acceptors (Lipinski definition) is 6. The van der Waals surface area contributed by atoms with Crippen molar-refractivity contribution in [3.05, 3.63) is 76.7 Å². The zero-order chi connectivity index (χ0) is 24.1. The number of furan rings is 1. The third kappa shape index (κ3) is 4.00. The molecule has 2 heterocycles. The highest BCUT2D eigenvalue weighted by molar-refractivity contribution is 7.92. The van der Waals surface area contributed by atoms with Gasteiger partial charge in [-0.05, 0) is 68.1 Å². The molecule has 2 aromatic carbocycles. The lowest BCUT2D eigenvalue weighted by Crippen LogP contribution is -2.38. The number of nitrogens with one attached hydrogen (secondary N) is 2. The van der Waals surface area contributed by atoms with E-state index >= 15 is 0 Å². The zero-order valence-electron chi connectivity index (χ0n) is 19.2. The SMILES string of the molecule is COc1cc(C)ccc1C(NC(=O)C1(c2ccc3c(c2)OCS(=O)(=O)N3)CC1)c1ccc(C)o1. The minimum atomic E-state index is -3.50. The third-order valence-electron chi connectivity index (χ3n) is 6.37. The van der Waals surface area contributed by atoms with Gasteiger partial charge in [-0.3, -0.25) is 9.52 Å². The van der Waals surface area contributed by atoms with E-state index in [-0.39, 0.29) is 5.91 Å². The molecule has 2 N–H and O–H groups in total. The highest BCUT2D eigenvalue weighted by Gasteiger charge is 2.52. The average Bonchev–Trinajstić information content (AvgIpc) is 3.51. The summed E-state index contributed by atoms with van der Waals surface area (Å²) in [5.41, 5.74) is 2.29. The van der Waals surface area contributed by atoms with E-state index in [4.69, 9.17) is 13.9 Å². The van der Waals surface area contributed by atoms with Gasteiger partial charge in [0, 0.05) is 5.56 Å². The third-order valence-corrected chi connectivity index (χ3v) is 7.33. The van der Waals surface area contributed by atoms with Gasteiger partial charge in [-0.25, -0.2) is 8.42 Å². The van der Waals surface area contributed by atoms with Gasteiger partial charge in [0.2, 0.25) is 11.8 Å². The Morgan fingerprint density at radius 3 is 2.59 bits per heavy atom. The van der Waals surface area contributed by atoms with E-state index in [9.17, 15) is 13.2 Å². The molecule has 2 aliphatic rings. The van der Waals surface area contributed by atoms with Crippen LogP contribution in [0, 0.1) is 13.8 Å². The van der Waals surface area contributed by atoms with Crippen LogP contribution in [0.15, 0.2) is 52.9 Å². The van der Waals surface area contributed by atoms with Gasteiger partial charge in [0.05, 0.1) is 18.2 Å². The van der Waals surface area contributed by atoms with Crippen LogP contribution in [0.5, 0.6) is 11.5 Å². The van der Waals surface area contributed by atoms with Crippen molar-refractivity contribution in [3.8, 4) is 11.5 Å². The van der Waals surface area contributed by atoms with Crippen LogP contribution in [0.25, 0.3) is 0 Å². The van der Waals surface area contributed by atoms with Crippen molar-refractivity contribution in [2.45, 2.75) is 38.1 Å². The first-order chi connectivity index (χ1) is 16.2. The molecule has 178 valence electrons. The Kier molecular flexibility index (Phi) is 5.31. The first-order valence-corrected chi connectivity index (χ1v) is 12.7. The number of rotatable bonds is 6. The summed E-state index contributed by atoms with van der Waals surface area (Å²) in [6.07, 6.45) is 1.36. The van der Waals surface area contributed by atoms with Crippen LogP contribution in [0.2, 0.25) is 0 Å². The predicted octanol–water partition coefficient (Wildman–Crippen LogP) is 3.93. The number of methoxy groups -OCH3 is 1. The molecule has 1 aromatic heterocycles. The molecule has 0 bridgehead atoms. The molecule has 1 aliphatic carbocycles. The van der Waals surface area contributed by atoms with Crippen molar-refractivity contribution in [1.82, 2.24) is 5.32 Å². The lowest BCUT2D eigenvalue weighted by atomic mass is 9.93. The number of benzene rings is 2. The first kappa shape index (κ1) is 22.3. The van der Waals surface area contributed by atoms with E-state index in [0.717, 1.165) is 22.5 Å². The second kappa shape index (κ2) is 8.09. The number of sulfonamides is 1. The van der Waals surface area contributed by atoms with Gasteiger partial charge in [0.1, 0.15) is 29.1 Å². The predicted molar refractivity (Wildman–Crippen MR) is 127 cm³/mol. The van der Waals surface area contributed by atoms with Gasteiger partial charge in [-0.15, -0.1) is 0 Å². The summed E-state index contributed by atoms with van der Waals surface area (Å²) in [5, 5.41) is 3.19. The summed E-state index contributed by atoms with van der Waals surface area (Å²) in [6.45, 7) is 3.84. The van der Waals surface area contributed by atoms with Gasteiger partial charge < -0.3 is 19.2 Å². The molecule has 0 saturated heterocycles. The van der Waals surface area contributed by atoms with Crippen LogP contribution in [0.1, 0.15) is 47.1 Å². The van der Waals surface area contributed by atoms with Crippen LogP contribution < -0.4 is 19.5 Å². The molecule has 0 radical (unpaired) electrons. The number of carbonyl (C=O) groups excluding carboxylic acids is 1. The second-order valence-electron chi connectivity index (χ2n) is 8.87. The van der Waals surface area contributed by atoms with E-state index in [0.29, 0.717) is 35.8 Å². The maximum Gasteiger partial charge on any atom is 0.268 e. The van der Waals surface area contributed by atoms with Crippen LogP contribution in [0.3, 0.4) is 0 Å².